The van der Waals surface area contributed by atoms with Crippen molar-refractivity contribution >= 4 is 11.4 Å². The van der Waals surface area contributed by atoms with E-state index in [0.717, 1.165) is 16.9 Å². The lowest BCUT2D eigenvalue weighted by molar-refractivity contribution is 0.475. The summed E-state index contributed by atoms with van der Waals surface area (Å²) in [4.78, 5) is 0. The second-order valence-corrected chi connectivity index (χ2v) is 3.29. The Bertz CT molecular complexity index is 388. The van der Waals surface area contributed by atoms with Gasteiger partial charge in [0.1, 0.15) is 5.75 Å². The van der Waals surface area contributed by atoms with Gasteiger partial charge in [0, 0.05) is 11.4 Å². The van der Waals surface area contributed by atoms with Gasteiger partial charge < -0.3 is 10.4 Å². The molecule has 0 aliphatic carbocycles. The minimum absolute atomic E-state index is 0.262. The molecular weight excluding hydrogens is 186 g/mol. The fourth-order valence-electron chi connectivity index (χ4n) is 1.28. The molecule has 0 unspecified atom stereocenters. The molecule has 0 aromatic heterocycles. The summed E-state index contributed by atoms with van der Waals surface area (Å²) < 4.78 is 0. The summed E-state index contributed by atoms with van der Waals surface area (Å²) in [5.74, 6) is 0.262. The lowest BCUT2D eigenvalue weighted by atomic mass is 10.2. The van der Waals surface area contributed by atoms with E-state index in [2.05, 4.69) is 5.32 Å². The predicted molar refractivity (Wildman–Crippen MR) is 61.2 cm³/mol. The Labute approximate surface area is 89.2 Å². The summed E-state index contributed by atoms with van der Waals surface area (Å²) in [7, 11) is 0. The number of nitrogens with one attached hydrogen (secondary N) is 1. The molecular formula is C13H11NO. The van der Waals surface area contributed by atoms with Crippen molar-refractivity contribution in [2.24, 2.45) is 0 Å². The van der Waals surface area contributed by atoms with Crippen molar-refractivity contribution in [3.8, 4) is 5.75 Å². The Kier molecular flexibility index (Phi) is 2.59. The van der Waals surface area contributed by atoms with Crippen LogP contribution in [0.5, 0.6) is 5.75 Å². The third-order valence-electron chi connectivity index (χ3n) is 2.07. The Morgan fingerprint density at radius 3 is 1.80 bits per heavy atom. The molecule has 74 valence electrons. The first-order valence-corrected chi connectivity index (χ1v) is 4.66. The molecule has 0 saturated carbocycles. The van der Waals surface area contributed by atoms with E-state index >= 15 is 0 Å². The van der Waals surface area contributed by atoms with Gasteiger partial charge in [0.2, 0.25) is 0 Å². The zero-order valence-corrected chi connectivity index (χ0v) is 8.14. The van der Waals surface area contributed by atoms with Crippen molar-refractivity contribution in [2.45, 2.75) is 0 Å². The van der Waals surface area contributed by atoms with E-state index in [-0.39, 0.29) is 5.75 Å². The molecule has 2 heteroatoms. The van der Waals surface area contributed by atoms with Crippen LogP contribution in [0.4, 0.5) is 11.4 Å². The fourth-order valence-corrected chi connectivity index (χ4v) is 1.28. The fraction of sp³-hybridized carbons (Fsp3) is 0. The molecule has 0 atom stereocenters. The quantitative estimate of drug-likeness (QED) is 0.724. The van der Waals surface area contributed by atoms with E-state index < -0.39 is 0 Å². The Morgan fingerprint density at radius 2 is 1.27 bits per heavy atom. The molecule has 2 aromatic rings. The average Bonchev–Trinajstić information content (AvgIpc) is 2.25. The maximum atomic E-state index is 9.11. The average molecular weight is 197 g/mol. The molecule has 0 fully saturated rings. The van der Waals surface area contributed by atoms with Gasteiger partial charge in [0.05, 0.1) is 0 Å². The van der Waals surface area contributed by atoms with E-state index in [1.54, 1.807) is 12.1 Å². The summed E-state index contributed by atoms with van der Waals surface area (Å²) in [6, 6.07) is 14.4. The van der Waals surface area contributed by atoms with Crippen LogP contribution in [0.1, 0.15) is 5.56 Å². The number of anilines is 2. The number of benzene rings is 2. The topological polar surface area (TPSA) is 32.3 Å². The van der Waals surface area contributed by atoms with Crippen molar-refractivity contribution in [1.29, 1.82) is 0 Å². The van der Waals surface area contributed by atoms with Crippen LogP contribution >= 0.6 is 0 Å². The van der Waals surface area contributed by atoms with Crippen molar-refractivity contribution in [3.05, 3.63) is 61.0 Å². The second kappa shape index (κ2) is 4.05. The molecule has 0 amide bonds. The number of phenolic OH excluding ortho intramolecular Hbond substituents is 1. The molecule has 0 aliphatic heterocycles. The Morgan fingerprint density at radius 1 is 0.800 bits per heavy atom. The number of phenols is 1. The van der Waals surface area contributed by atoms with Crippen LogP contribution < -0.4 is 5.32 Å². The Hall–Kier alpha value is -1.96. The third kappa shape index (κ3) is 2.50. The highest BCUT2D eigenvalue weighted by atomic mass is 16.3. The summed E-state index contributed by atoms with van der Waals surface area (Å²) in [5.41, 5.74) is 2.64. The zero-order chi connectivity index (χ0) is 10.7. The van der Waals surface area contributed by atoms with Crippen LogP contribution in [0.25, 0.3) is 0 Å². The van der Waals surface area contributed by atoms with Crippen LogP contribution in [-0.4, -0.2) is 5.11 Å². The summed E-state index contributed by atoms with van der Waals surface area (Å²) in [5, 5.41) is 12.3. The van der Waals surface area contributed by atoms with E-state index in [1.165, 1.54) is 0 Å². The number of aromatic hydroxyl groups is 1. The summed E-state index contributed by atoms with van der Waals surface area (Å²) in [6.45, 7) is 5.58. The molecule has 0 aliphatic rings. The van der Waals surface area contributed by atoms with Gasteiger partial charge >= 0.3 is 0 Å². The molecule has 0 spiro atoms. The van der Waals surface area contributed by atoms with Gasteiger partial charge in [0.25, 0.3) is 0 Å². The minimum atomic E-state index is 0.262. The highest BCUT2D eigenvalue weighted by molar-refractivity contribution is 5.60. The SMILES string of the molecule is [CH]c1ccc(Nc2ccc(O)cc2)cc1. The zero-order valence-electron chi connectivity index (χ0n) is 8.14. The summed E-state index contributed by atoms with van der Waals surface area (Å²) >= 11 is 0. The maximum Gasteiger partial charge on any atom is 0.115 e. The monoisotopic (exact) mass is 197 g/mol. The molecule has 0 heterocycles. The molecule has 2 rings (SSSR count). The standard InChI is InChI=1S/C13H11NO/c1-10-2-4-11(5-3-10)14-12-6-8-13(15)9-7-12/h1-9,14-15H. The largest absolute Gasteiger partial charge is 0.508 e. The summed E-state index contributed by atoms with van der Waals surface area (Å²) in [6.07, 6.45) is 0. The van der Waals surface area contributed by atoms with Gasteiger partial charge in [-0.1, -0.05) is 12.1 Å². The Balaban J connectivity index is 2.15. The normalized spacial score (nSPS) is 9.93. The first-order valence-electron chi connectivity index (χ1n) is 4.66. The van der Waals surface area contributed by atoms with Crippen LogP contribution in [0.15, 0.2) is 48.5 Å². The van der Waals surface area contributed by atoms with Crippen LogP contribution in [-0.2, 0) is 0 Å². The molecule has 2 N–H and O–H groups in total. The first kappa shape index (κ1) is 9.59. The lowest BCUT2D eigenvalue weighted by Crippen LogP contribution is -1.89. The highest BCUT2D eigenvalue weighted by Gasteiger charge is 1.94. The number of hydrogen-bond acceptors (Lipinski definition) is 2. The van der Waals surface area contributed by atoms with Crippen molar-refractivity contribution in [2.75, 3.05) is 5.32 Å². The van der Waals surface area contributed by atoms with Gasteiger partial charge in [-0.2, -0.15) is 0 Å². The molecule has 0 saturated heterocycles. The van der Waals surface area contributed by atoms with E-state index in [9.17, 15) is 0 Å². The van der Waals surface area contributed by atoms with E-state index in [0.29, 0.717) is 0 Å². The van der Waals surface area contributed by atoms with Crippen molar-refractivity contribution in [1.82, 2.24) is 0 Å². The van der Waals surface area contributed by atoms with Gasteiger partial charge in [-0.3, -0.25) is 0 Å². The molecule has 2 radical (unpaired) electrons. The van der Waals surface area contributed by atoms with Crippen LogP contribution in [0.3, 0.4) is 0 Å². The van der Waals surface area contributed by atoms with Crippen molar-refractivity contribution in [3.63, 3.8) is 0 Å². The maximum absolute atomic E-state index is 9.11. The van der Waals surface area contributed by atoms with Gasteiger partial charge in [0.15, 0.2) is 0 Å². The number of rotatable bonds is 2. The second-order valence-electron chi connectivity index (χ2n) is 3.29. The molecule has 2 aromatic carbocycles. The lowest BCUT2D eigenvalue weighted by Gasteiger charge is -2.06. The molecule has 0 bridgehead atoms. The smallest absolute Gasteiger partial charge is 0.115 e. The predicted octanol–water partition coefficient (Wildman–Crippen LogP) is 3.19. The molecule has 2 nitrogen and oxygen atoms in total. The van der Waals surface area contributed by atoms with Crippen molar-refractivity contribution < 1.29 is 5.11 Å². The van der Waals surface area contributed by atoms with Gasteiger partial charge in [-0.25, -0.2) is 0 Å². The third-order valence-corrected chi connectivity index (χ3v) is 2.07. The first-order chi connectivity index (χ1) is 7.24. The van der Waals surface area contributed by atoms with E-state index in [4.69, 9.17) is 12.0 Å². The minimum Gasteiger partial charge on any atom is -0.508 e. The van der Waals surface area contributed by atoms with Gasteiger partial charge in [-0.15, -0.1) is 0 Å². The van der Waals surface area contributed by atoms with Crippen LogP contribution in [0.2, 0.25) is 0 Å². The molecule has 15 heavy (non-hydrogen) atoms. The van der Waals surface area contributed by atoms with E-state index in [1.807, 2.05) is 36.4 Å². The highest BCUT2D eigenvalue weighted by Crippen LogP contribution is 2.19. The van der Waals surface area contributed by atoms with Crippen LogP contribution in [0, 0.1) is 6.92 Å². The van der Waals surface area contributed by atoms with Gasteiger partial charge in [-0.05, 0) is 48.9 Å². The number of hydrogen-bond donors (Lipinski definition) is 2.